The largest absolute Gasteiger partial charge is 0.497 e. The van der Waals surface area contributed by atoms with E-state index >= 15 is 0 Å². The Hall–Kier alpha value is -2.37. The Bertz CT molecular complexity index is 875. The number of benzene rings is 2. The van der Waals surface area contributed by atoms with Crippen molar-refractivity contribution in [2.75, 3.05) is 46.6 Å². The quantitative estimate of drug-likeness (QED) is 0.669. The van der Waals surface area contributed by atoms with Crippen molar-refractivity contribution in [2.24, 2.45) is 0 Å². The molecule has 25 heavy (non-hydrogen) atoms. The molecule has 5 heteroatoms. The van der Waals surface area contributed by atoms with Gasteiger partial charge in [0.05, 0.1) is 25.8 Å². The molecule has 1 aromatic heterocycles. The second kappa shape index (κ2) is 7.25. The van der Waals surface area contributed by atoms with Crippen LogP contribution in [0.25, 0.3) is 21.7 Å². The van der Waals surface area contributed by atoms with Gasteiger partial charge < -0.3 is 14.2 Å². The Balaban J connectivity index is 1.50. The van der Waals surface area contributed by atoms with Crippen LogP contribution in [-0.4, -0.2) is 56.4 Å². The minimum Gasteiger partial charge on any atom is -0.497 e. The van der Waals surface area contributed by atoms with Crippen molar-refractivity contribution in [3.8, 4) is 11.5 Å². The molecule has 0 amide bonds. The highest BCUT2D eigenvalue weighted by molar-refractivity contribution is 6.06. The highest BCUT2D eigenvalue weighted by atomic mass is 16.5. The normalized spacial score (nSPS) is 15.6. The molecule has 2 heterocycles. The van der Waals surface area contributed by atoms with Crippen molar-refractivity contribution in [1.29, 1.82) is 0 Å². The summed E-state index contributed by atoms with van der Waals surface area (Å²) >= 11 is 0. The zero-order valence-corrected chi connectivity index (χ0v) is 14.4. The monoisotopic (exact) mass is 338 g/mol. The van der Waals surface area contributed by atoms with Gasteiger partial charge in [-0.3, -0.25) is 9.88 Å². The fourth-order valence-corrected chi connectivity index (χ4v) is 3.21. The lowest BCUT2D eigenvalue weighted by molar-refractivity contribution is 0.0322. The summed E-state index contributed by atoms with van der Waals surface area (Å²) in [5.74, 6) is 1.71. The van der Waals surface area contributed by atoms with E-state index in [9.17, 15) is 0 Å². The molecule has 5 nitrogen and oxygen atoms in total. The Labute approximate surface area is 147 Å². The van der Waals surface area contributed by atoms with Gasteiger partial charge in [-0.1, -0.05) is 0 Å². The summed E-state index contributed by atoms with van der Waals surface area (Å²) in [7, 11) is 1.68. The molecular weight excluding hydrogens is 316 g/mol. The van der Waals surface area contributed by atoms with Gasteiger partial charge in [0.2, 0.25) is 0 Å². The number of aromatic nitrogens is 1. The van der Waals surface area contributed by atoms with Crippen LogP contribution in [0.5, 0.6) is 11.5 Å². The van der Waals surface area contributed by atoms with Crippen LogP contribution in [0, 0.1) is 0 Å². The molecule has 0 aliphatic carbocycles. The molecule has 3 aromatic rings. The lowest BCUT2D eigenvalue weighted by Crippen LogP contribution is -2.38. The fraction of sp³-hybridized carbons (Fsp3) is 0.350. The first-order valence-electron chi connectivity index (χ1n) is 8.63. The average Bonchev–Trinajstić information content (AvgIpc) is 2.68. The van der Waals surface area contributed by atoms with Crippen LogP contribution in [0.1, 0.15) is 0 Å². The maximum absolute atomic E-state index is 5.92. The standard InChI is InChI=1S/C20H22N2O3/c1-23-16-2-4-18-15(12-16)14-21-20-13-17(3-5-19(18)20)25-11-8-22-6-9-24-10-7-22/h2-5,12-14H,6-11H2,1H3. The first kappa shape index (κ1) is 16.1. The van der Waals surface area contributed by atoms with Gasteiger partial charge in [-0.05, 0) is 35.7 Å². The van der Waals surface area contributed by atoms with E-state index in [-0.39, 0.29) is 0 Å². The van der Waals surface area contributed by atoms with E-state index in [1.54, 1.807) is 7.11 Å². The molecule has 1 aliphatic rings. The predicted octanol–water partition coefficient (Wildman–Crippen LogP) is 3.11. The van der Waals surface area contributed by atoms with Gasteiger partial charge >= 0.3 is 0 Å². The van der Waals surface area contributed by atoms with E-state index in [4.69, 9.17) is 14.2 Å². The van der Waals surface area contributed by atoms with Crippen LogP contribution in [-0.2, 0) is 4.74 Å². The van der Waals surface area contributed by atoms with E-state index in [1.807, 2.05) is 30.5 Å². The molecule has 1 saturated heterocycles. The molecule has 4 rings (SSSR count). The lowest BCUT2D eigenvalue weighted by Gasteiger charge is -2.26. The molecule has 0 radical (unpaired) electrons. The summed E-state index contributed by atoms with van der Waals surface area (Å²) in [6.45, 7) is 5.20. The van der Waals surface area contributed by atoms with Crippen molar-refractivity contribution < 1.29 is 14.2 Å². The number of pyridine rings is 1. The third kappa shape index (κ3) is 3.52. The first-order chi connectivity index (χ1) is 12.3. The van der Waals surface area contributed by atoms with Crippen LogP contribution in [0.2, 0.25) is 0 Å². The molecule has 0 bridgehead atoms. The first-order valence-corrected chi connectivity index (χ1v) is 8.63. The molecule has 0 saturated carbocycles. The second-order valence-electron chi connectivity index (χ2n) is 6.19. The van der Waals surface area contributed by atoms with Gasteiger partial charge in [0.25, 0.3) is 0 Å². The minimum atomic E-state index is 0.677. The van der Waals surface area contributed by atoms with Crippen LogP contribution in [0.4, 0.5) is 0 Å². The number of methoxy groups -OCH3 is 1. The van der Waals surface area contributed by atoms with E-state index in [1.165, 1.54) is 5.39 Å². The zero-order valence-electron chi connectivity index (χ0n) is 14.4. The summed E-state index contributed by atoms with van der Waals surface area (Å²) in [5.41, 5.74) is 0.946. The Morgan fingerprint density at radius 1 is 1.04 bits per heavy atom. The Morgan fingerprint density at radius 2 is 1.84 bits per heavy atom. The molecule has 0 spiro atoms. The predicted molar refractivity (Wildman–Crippen MR) is 98.6 cm³/mol. The zero-order chi connectivity index (χ0) is 17.1. The van der Waals surface area contributed by atoms with E-state index in [0.717, 1.165) is 60.6 Å². The SMILES string of the molecule is COc1ccc2c(cnc3cc(OCCN4CCOCC4)ccc32)c1. The molecule has 0 unspecified atom stereocenters. The molecule has 2 aromatic carbocycles. The highest BCUT2D eigenvalue weighted by Gasteiger charge is 2.10. The Kier molecular flexibility index (Phi) is 4.68. The summed E-state index contributed by atoms with van der Waals surface area (Å²) in [5, 5.41) is 3.37. The lowest BCUT2D eigenvalue weighted by atomic mass is 10.1. The van der Waals surface area contributed by atoms with Crippen LogP contribution >= 0.6 is 0 Å². The molecule has 0 N–H and O–H groups in total. The van der Waals surface area contributed by atoms with Crippen molar-refractivity contribution >= 4 is 21.7 Å². The smallest absolute Gasteiger partial charge is 0.121 e. The number of hydrogen-bond acceptors (Lipinski definition) is 5. The van der Waals surface area contributed by atoms with E-state index in [0.29, 0.717) is 6.61 Å². The summed E-state index contributed by atoms with van der Waals surface area (Å²) in [4.78, 5) is 6.95. The molecule has 130 valence electrons. The number of nitrogens with zero attached hydrogens (tertiary/aromatic N) is 2. The van der Waals surface area contributed by atoms with Crippen molar-refractivity contribution in [1.82, 2.24) is 9.88 Å². The number of hydrogen-bond donors (Lipinski definition) is 0. The maximum Gasteiger partial charge on any atom is 0.121 e. The molecule has 1 aliphatic heterocycles. The number of ether oxygens (including phenoxy) is 3. The third-order valence-electron chi connectivity index (χ3n) is 4.64. The van der Waals surface area contributed by atoms with E-state index < -0.39 is 0 Å². The van der Waals surface area contributed by atoms with Crippen LogP contribution in [0.3, 0.4) is 0 Å². The fourth-order valence-electron chi connectivity index (χ4n) is 3.21. The van der Waals surface area contributed by atoms with Crippen molar-refractivity contribution in [2.45, 2.75) is 0 Å². The van der Waals surface area contributed by atoms with Crippen LogP contribution < -0.4 is 9.47 Å². The number of rotatable bonds is 5. The van der Waals surface area contributed by atoms with Gasteiger partial charge in [0, 0.05) is 42.7 Å². The van der Waals surface area contributed by atoms with Crippen molar-refractivity contribution in [3.63, 3.8) is 0 Å². The third-order valence-corrected chi connectivity index (χ3v) is 4.64. The summed E-state index contributed by atoms with van der Waals surface area (Å²) < 4.78 is 16.6. The van der Waals surface area contributed by atoms with Crippen molar-refractivity contribution in [3.05, 3.63) is 42.6 Å². The average molecular weight is 338 g/mol. The molecule has 1 fully saturated rings. The second-order valence-corrected chi connectivity index (χ2v) is 6.19. The van der Waals surface area contributed by atoms with Gasteiger partial charge in [0.1, 0.15) is 18.1 Å². The van der Waals surface area contributed by atoms with E-state index in [2.05, 4.69) is 22.0 Å². The van der Waals surface area contributed by atoms with Gasteiger partial charge in [-0.15, -0.1) is 0 Å². The minimum absolute atomic E-state index is 0.677. The molecule has 0 atom stereocenters. The highest BCUT2D eigenvalue weighted by Crippen LogP contribution is 2.29. The summed E-state index contributed by atoms with van der Waals surface area (Å²) in [6.07, 6.45) is 1.89. The number of fused-ring (bicyclic) bond motifs is 3. The van der Waals surface area contributed by atoms with Gasteiger partial charge in [-0.2, -0.15) is 0 Å². The van der Waals surface area contributed by atoms with Gasteiger partial charge in [-0.25, -0.2) is 0 Å². The maximum atomic E-state index is 5.92. The Morgan fingerprint density at radius 3 is 2.68 bits per heavy atom. The topological polar surface area (TPSA) is 43.8 Å². The van der Waals surface area contributed by atoms with Gasteiger partial charge in [0.15, 0.2) is 0 Å². The number of morpholine rings is 1. The summed E-state index contributed by atoms with van der Waals surface area (Å²) in [6, 6.07) is 12.2. The molecular formula is C20H22N2O3. The van der Waals surface area contributed by atoms with Crippen LogP contribution in [0.15, 0.2) is 42.6 Å².